The van der Waals surface area contributed by atoms with Gasteiger partial charge in [-0.25, -0.2) is 14.8 Å². The van der Waals surface area contributed by atoms with Crippen molar-refractivity contribution in [3.05, 3.63) is 40.7 Å². The average molecular weight is 550 g/mol. The molecule has 0 radical (unpaired) electrons. The molecule has 14 heteroatoms. The highest BCUT2D eigenvalue weighted by atomic mass is 16.2. The first-order valence-corrected chi connectivity index (χ1v) is 13.8. The zero-order valence-electron chi connectivity index (χ0n) is 23.9. The van der Waals surface area contributed by atoms with E-state index in [9.17, 15) is 19.6 Å². The standard InChI is InChI=1S/C27H33B3N8O3/c1-2-3-4-7-32-21-12-23(33-14-20(21)13-31)35-26(41)38-8-5-6-18-11-19(22(17-39)34-25(18)38)15-36-9-10-37(16-24(36)40)27(28,29)30/h1,11-12,14,17H,3-10,15-16,28-30H2,(H2,32,33,35,41). The summed E-state index contributed by atoms with van der Waals surface area (Å²) in [5, 5.41) is 15.3. The fourth-order valence-electron chi connectivity index (χ4n) is 4.99. The molecule has 2 aliphatic heterocycles. The molecule has 2 aliphatic rings. The number of nitriles is 1. The molecule has 2 N–H and O–H groups in total. The smallest absolute Gasteiger partial charge is 0.328 e. The van der Waals surface area contributed by atoms with E-state index in [-0.39, 0.29) is 22.7 Å². The van der Waals surface area contributed by atoms with Crippen LogP contribution < -0.4 is 15.5 Å². The van der Waals surface area contributed by atoms with Crippen LogP contribution in [0.25, 0.3) is 0 Å². The number of carbonyl (C=O) groups excluding carboxylic acids is 3. The van der Waals surface area contributed by atoms with Crippen LogP contribution in [0, 0.1) is 23.7 Å². The first kappa shape index (κ1) is 29.7. The molecular formula is C27H33B3N8O3. The summed E-state index contributed by atoms with van der Waals surface area (Å²) in [6, 6.07) is 5.16. The number of amides is 3. The number of aldehydes is 1. The molecule has 11 nitrogen and oxygen atoms in total. The van der Waals surface area contributed by atoms with Crippen LogP contribution in [0.5, 0.6) is 0 Å². The summed E-state index contributed by atoms with van der Waals surface area (Å²) in [6.07, 6.45) is 10.2. The van der Waals surface area contributed by atoms with Crippen molar-refractivity contribution < 1.29 is 14.4 Å². The molecular weight excluding hydrogens is 517 g/mol. The number of nitrogens with one attached hydrogen (secondary N) is 2. The van der Waals surface area contributed by atoms with Crippen molar-refractivity contribution in [2.24, 2.45) is 0 Å². The third-order valence-corrected chi connectivity index (χ3v) is 7.33. The predicted molar refractivity (Wildman–Crippen MR) is 165 cm³/mol. The maximum atomic E-state index is 13.3. The van der Waals surface area contributed by atoms with Crippen molar-refractivity contribution in [1.29, 1.82) is 5.26 Å². The molecule has 0 aliphatic carbocycles. The second-order valence-electron chi connectivity index (χ2n) is 11.2. The number of urea groups is 1. The molecule has 1 fully saturated rings. The lowest BCUT2D eigenvalue weighted by Gasteiger charge is -2.42. The Kier molecular flexibility index (Phi) is 9.36. The second-order valence-corrected chi connectivity index (χ2v) is 11.2. The molecule has 0 unspecified atom stereocenters. The Morgan fingerprint density at radius 2 is 2.05 bits per heavy atom. The van der Waals surface area contributed by atoms with Gasteiger partial charge >= 0.3 is 6.03 Å². The van der Waals surface area contributed by atoms with Crippen LogP contribution in [0.15, 0.2) is 18.3 Å². The summed E-state index contributed by atoms with van der Waals surface area (Å²) in [5.41, 5.74) is 2.64. The molecule has 4 heterocycles. The summed E-state index contributed by atoms with van der Waals surface area (Å²) in [6.45, 7) is 2.95. The second kappa shape index (κ2) is 12.9. The van der Waals surface area contributed by atoms with Crippen LogP contribution in [0.1, 0.15) is 46.4 Å². The summed E-state index contributed by atoms with van der Waals surface area (Å²) >= 11 is 0. The number of hydrogen-bond acceptors (Lipinski definition) is 8. The Labute approximate surface area is 243 Å². The Morgan fingerprint density at radius 3 is 2.73 bits per heavy atom. The number of nitrogens with zero attached hydrogens (tertiary/aromatic N) is 6. The Balaban J connectivity index is 1.50. The number of rotatable bonds is 9. The normalized spacial score (nSPS) is 15.4. The van der Waals surface area contributed by atoms with Crippen molar-refractivity contribution in [2.45, 2.75) is 37.5 Å². The van der Waals surface area contributed by atoms with Crippen molar-refractivity contribution in [3.8, 4) is 18.4 Å². The Bertz CT molecular complexity index is 1420. The van der Waals surface area contributed by atoms with E-state index in [1.54, 1.807) is 11.0 Å². The molecule has 0 saturated carbocycles. The molecule has 2 aromatic rings. The zero-order chi connectivity index (χ0) is 29.6. The highest BCUT2D eigenvalue weighted by Gasteiger charge is 2.32. The van der Waals surface area contributed by atoms with Crippen molar-refractivity contribution in [1.82, 2.24) is 19.8 Å². The summed E-state index contributed by atoms with van der Waals surface area (Å²) in [4.78, 5) is 52.5. The number of unbranched alkanes of at least 4 members (excludes halogenated alkanes) is 1. The summed E-state index contributed by atoms with van der Waals surface area (Å²) in [5.74, 6) is 3.29. The maximum absolute atomic E-state index is 13.3. The largest absolute Gasteiger partial charge is 0.384 e. The molecule has 0 spiro atoms. The number of terminal acetylenes is 1. The van der Waals surface area contributed by atoms with E-state index in [0.717, 1.165) is 18.5 Å². The minimum Gasteiger partial charge on any atom is -0.384 e. The van der Waals surface area contributed by atoms with Crippen molar-refractivity contribution in [3.63, 3.8) is 0 Å². The highest BCUT2D eigenvalue weighted by Crippen LogP contribution is 2.29. The van der Waals surface area contributed by atoms with Gasteiger partial charge in [-0.05, 0) is 30.9 Å². The minimum absolute atomic E-state index is 0.0153. The van der Waals surface area contributed by atoms with Crippen molar-refractivity contribution in [2.75, 3.05) is 48.3 Å². The SMILES string of the molecule is BC(B)(B)N1CCN(Cc2cc3c(nc2C=O)N(C(=O)Nc2cc(NCCCC#C)c(C#N)cn2)CCC3)C(=O)C1. The number of anilines is 3. The van der Waals surface area contributed by atoms with Crippen LogP contribution in [0.3, 0.4) is 0 Å². The van der Waals surface area contributed by atoms with Crippen molar-refractivity contribution >= 4 is 59.1 Å². The quantitative estimate of drug-likeness (QED) is 0.178. The van der Waals surface area contributed by atoms with E-state index >= 15 is 0 Å². The molecule has 2 aromatic heterocycles. The lowest BCUT2D eigenvalue weighted by Crippen LogP contribution is -2.60. The van der Waals surface area contributed by atoms with Gasteiger partial charge in [-0.1, -0.05) is 5.24 Å². The van der Waals surface area contributed by atoms with Crippen LogP contribution in [0.2, 0.25) is 0 Å². The van der Waals surface area contributed by atoms with Gasteiger partial charge in [0.1, 0.15) is 46.9 Å². The van der Waals surface area contributed by atoms with Crippen LogP contribution in [-0.4, -0.2) is 99.5 Å². The third-order valence-electron chi connectivity index (χ3n) is 7.33. The number of hydrogen-bond donors (Lipinski definition) is 2. The molecule has 1 saturated heterocycles. The molecule has 3 amide bonds. The Morgan fingerprint density at radius 1 is 1.24 bits per heavy atom. The minimum atomic E-state index is -0.438. The van der Waals surface area contributed by atoms with E-state index in [4.69, 9.17) is 6.42 Å². The summed E-state index contributed by atoms with van der Waals surface area (Å²) < 4.78 is 0. The number of aromatic nitrogens is 2. The fourth-order valence-corrected chi connectivity index (χ4v) is 4.99. The van der Waals surface area contributed by atoms with Gasteiger partial charge in [0.25, 0.3) is 0 Å². The van der Waals surface area contributed by atoms with Crippen LogP contribution >= 0.6 is 0 Å². The lowest BCUT2D eigenvalue weighted by molar-refractivity contribution is -0.136. The summed E-state index contributed by atoms with van der Waals surface area (Å²) in [7, 11) is 6.27. The predicted octanol–water partition coefficient (Wildman–Crippen LogP) is -0.874. The monoisotopic (exact) mass is 550 g/mol. The van der Waals surface area contributed by atoms with E-state index in [1.807, 2.05) is 6.07 Å². The van der Waals surface area contributed by atoms with Gasteiger partial charge in [-0.2, -0.15) is 5.26 Å². The van der Waals surface area contributed by atoms with E-state index in [1.165, 1.54) is 11.1 Å². The number of fused-ring (bicyclic) bond motifs is 1. The first-order valence-electron chi connectivity index (χ1n) is 13.8. The third kappa shape index (κ3) is 7.08. The van der Waals surface area contributed by atoms with Crippen LogP contribution in [0.4, 0.5) is 22.1 Å². The maximum Gasteiger partial charge on any atom is 0.328 e. The van der Waals surface area contributed by atoms with Gasteiger partial charge in [0, 0.05) is 57.0 Å². The highest BCUT2D eigenvalue weighted by molar-refractivity contribution is 6.59. The van der Waals surface area contributed by atoms with Gasteiger partial charge in [0.2, 0.25) is 5.91 Å². The molecule has 0 bridgehead atoms. The fraction of sp³-hybridized carbons (Fsp3) is 0.407. The number of piperazine rings is 1. The Hall–Kier alpha value is -4.29. The molecule has 41 heavy (non-hydrogen) atoms. The number of pyridine rings is 2. The molecule has 4 rings (SSSR count). The topological polar surface area (TPSA) is 135 Å². The van der Waals surface area contributed by atoms with Gasteiger partial charge in [-0.15, -0.1) is 12.3 Å². The van der Waals surface area contributed by atoms with Crippen LogP contribution in [-0.2, 0) is 17.8 Å². The first-order chi connectivity index (χ1) is 19.6. The lowest BCUT2D eigenvalue weighted by atomic mass is 9.48. The molecule has 208 valence electrons. The van der Waals surface area contributed by atoms with E-state index < -0.39 is 6.03 Å². The van der Waals surface area contributed by atoms with Gasteiger partial charge in [-0.3, -0.25) is 19.8 Å². The van der Waals surface area contributed by atoms with Gasteiger partial charge in [0.15, 0.2) is 6.29 Å². The van der Waals surface area contributed by atoms with Gasteiger partial charge in [0.05, 0.1) is 17.8 Å². The molecule has 0 atom stereocenters. The zero-order valence-corrected chi connectivity index (χ0v) is 23.9. The van der Waals surface area contributed by atoms with E-state index in [2.05, 4.69) is 61.0 Å². The van der Waals surface area contributed by atoms with E-state index in [0.29, 0.717) is 80.9 Å². The number of carbonyl (C=O) groups is 3. The number of aryl methyl sites for hydroxylation is 1. The molecule has 0 aromatic carbocycles. The average Bonchev–Trinajstić information content (AvgIpc) is 2.95. The van der Waals surface area contributed by atoms with Gasteiger partial charge < -0.3 is 15.1 Å².